The van der Waals surface area contributed by atoms with E-state index in [1.165, 1.54) is 0 Å². The summed E-state index contributed by atoms with van der Waals surface area (Å²) in [5.41, 5.74) is 0. The first-order valence-corrected chi connectivity index (χ1v) is 5.31. The van der Waals surface area contributed by atoms with E-state index < -0.39 is 12.1 Å². The number of carboxylic acid groups (broad SMARTS) is 1. The summed E-state index contributed by atoms with van der Waals surface area (Å²) in [6.07, 6.45) is -0.564. The van der Waals surface area contributed by atoms with Gasteiger partial charge in [-0.05, 0) is 13.3 Å². The lowest BCUT2D eigenvalue weighted by atomic mass is 10.2. The molecule has 94 valence electrons. The molecule has 0 aliphatic heterocycles. The summed E-state index contributed by atoms with van der Waals surface area (Å²) in [5.74, 6) is -1.27. The highest BCUT2D eigenvalue weighted by atomic mass is 16.4. The van der Waals surface area contributed by atoms with Crippen molar-refractivity contribution in [3.8, 4) is 0 Å². The molecule has 0 bridgehead atoms. The van der Waals surface area contributed by atoms with Crippen LogP contribution < -0.4 is 5.32 Å². The number of carbonyl (C=O) groups is 2. The number of hydrogen-bond donors (Lipinski definition) is 3. The van der Waals surface area contributed by atoms with Gasteiger partial charge in [-0.2, -0.15) is 0 Å². The molecular weight excluding hydrogens is 212 g/mol. The highest BCUT2D eigenvalue weighted by molar-refractivity contribution is 5.74. The number of amides is 2. The fraction of sp³-hybridized carbons (Fsp3) is 0.800. The highest BCUT2D eigenvalue weighted by Crippen LogP contribution is 2.00. The van der Waals surface area contributed by atoms with Crippen molar-refractivity contribution in [2.45, 2.75) is 38.8 Å². The molecule has 3 N–H and O–H groups in total. The van der Waals surface area contributed by atoms with Gasteiger partial charge in [-0.15, -0.1) is 0 Å². The fourth-order valence-corrected chi connectivity index (χ4v) is 1.04. The Bertz CT molecular complexity index is 245. The third-order valence-electron chi connectivity index (χ3n) is 2.55. The second kappa shape index (κ2) is 7.05. The van der Waals surface area contributed by atoms with E-state index in [4.69, 9.17) is 10.2 Å². The largest absolute Gasteiger partial charge is 0.479 e. The Morgan fingerprint density at radius 1 is 1.44 bits per heavy atom. The second-order valence-electron chi connectivity index (χ2n) is 3.74. The van der Waals surface area contributed by atoms with Gasteiger partial charge in [0, 0.05) is 26.1 Å². The Morgan fingerprint density at radius 2 is 2.00 bits per heavy atom. The first-order chi connectivity index (χ1) is 7.40. The molecule has 1 unspecified atom stereocenters. The summed E-state index contributed by atoms with van der Waals surface area (Å²) in [7, 11) is 1.68. The van der Waals surface area contributed by atoms with Crippen molar-refractivity contribution in [3.05, 3.63) is 0 Å². The molecule has 0 spiro atoms. The number of urea groups is 1. The molecule has 2 amide bonds. The van der Waals surface area contributed by atoms with Gasteiger partial charge in [0.15, 0.2) is 6.10 Å². The molecule has 0 heterocycles. The van der Waals surface area contributed by atoms with Crippen LogP contribution in [0, 0.1) is 0 Å². The maximum absolute atomic E-state index is 11.5. The van der Waals surface area contributed by atoms with Gasteiger partial charge in [-0.25, -0.2) is 9.59 Å². The van der Waals surface area contributed by atoms with Crippen molar-refractivity contribution in [3.63, 3.8) is 0 Å². The van der Waals surface area contributed by atoms with Gasteiger partial charge in [0.1, 0.15) is 0 Å². The van der Waals surface area contributed by atoms with Gasteiger partial charge >= 0.3 is 12.0 Å². The van der Waals surface area contributed by atoms with Crippen LogP contribution in [0.15, 0.2) is 0 Å². The monoisotopic (exact) mass is 232 g/mol. The summed E-state index contributed by atoms with van der Waals surface area (Å²) in [4.78, 5) is 23.3. The molecule has 0 aromatic carbocycles. The maximum Gasteiger partial charge on any atom is 0.332 e. The van der Waals surface area contributed by atoms with Crippen LogP contribution in [0.25, 0.3) is 0 Å². The third-order valence-corrected chi connectivity index (χ3v) is 2.55. The van der Waals surface area contributed by atoms with Crippen LogP contribution in [-0.4, -0.2) is 52.9 Å². The number of hydrogen-bond acceptors (Lipinski definition) is 3. The average molecular weight is 232 g/mol. The van der Waals surface area contributed by atoms with Crippen LogP contribution in [0.2, 0.25) is 0 Å². The Morgan fingerprint density at radius 3 is 2.44 bits per heavy atom. The summed E-state index contributed by atoms with van der Waals surface area (Å²) in [6, 6.07) is -0.128. The molecule has 0 fully saturated rings. The number of aliphatic hydroxyl groups is 1. The number of carbonyl (C=O) groups excluding carboxylic acids is 1. The minimum Gasteiger partial charge on any atom is -0.479 e. The van der Waals surface area contributed by atoms with Crippen LogP contribution in [-0.2, 0) is 4.79 Å². The summed E-state index contributed by atoms with van der Waals surface area (Å²) in [5, 5.41) is 19.9. The maximum atomic E-state index is 11.5. The number of aliphatic carboxylic acids is 1. The number of rotatable bonds is 6. The van der Waals surface area contributed by atoms with Gasteiger partial charge in [0.2, 0.25) is 0 Å². The zero-order chi connectivity index (χ0) is 12.7. The zero-order valence-electron chi connectivity index (χ0n) is 9.93. The molecule has 0 radical (unpaired) electrons. The normalized spacial score (nSPS) is 14.0. The van der Waals surface area contributed by atoms with Crippen LogP contribution in [0.5, 0.6) is 0 Å². The Labute approximate surface area is 95.2 Å². The van der Waals surface area contributed by atoms with Crippen molar-refractivity contribution in [2.24, 2.45) is 0 Å². The molecule has 0 saturated carbocycles. The lowest BCUT2D eigenvalue weighted by Crippen LogP contribution is -2.43. The van der Waals surface area contributed by atoms with Crippen LogP contribution >= 0.6 is 0 Å². The van der Waals surface area contributed by atoms with Gasteiger partial charge in [0.25, 0.3) is 0 Å². The Balaban J connectivity index is 3.85. The van der Waals surface area contributed by atoms with Crippen molar-refractivity contribution in [1.29, 1.82) is 0 Å². The Hall–Kier alpha value is -1.30. The minimum absolute atomic E-state index is 0.00934. The minimum atomic E-state index is -1.42. The smallest absolute Gasteiger partial charge is 0.332 e. The summed E-state index contributed by atoms with van der Waals surface area (Å²) < 4.78 is 0. The molecule has 0 aliphatic carbocycles. The predicted molar refractivity (Wildman–Crippen MR) is 59.2 cm³/mol. The van der Waals surface area contributed by atoms with E-state index in [2.05, 4.69) is 5.32 Å². The summed E-state index contributed by atoms with van der Waals surface area (Å²) in [6.45, 7) is 4.04. The van der Waals surface area contributed by atoms with Gasteiger partial charge in [-0.1, -0.05) is 6.92 Å². The molecule has 16 heavy (non-hydrogen) atoms. The summed E-state index contributed by atoms with van der Waals surface area (Å²) >= 11 is 0. The lowest BCUT2D eigenvalue weighted by Gasteiger charge is -2.24. The second-order valence-corrected chi connectivity index (χ2v) is 3.74. The van der Waals surface area contributed by atoms with Gasteiger partial charge in [0.05, 0.1) is 0 Å². The SMILES string of the molecule is CCC(C)N(C)C(=O)NCC[C@H](O)C(=O)O. The standard InChI is InChI=1S/C10H20N2O4/c1-4-7(2)12(3)10(16)11-6-5-8(13)9(14)15/h7-8,13H,4-6H2,1-3H3,(H,11,16)(H,14,15)/t7?,8-/m0/s1. The van der Waals surface area contributed by atoms with Crippen LogP contribution in [0.4, 0.5) is 4.79 Å². The van der Waals surface area contributed by atoms with Crippen LogP contribution in [0.3, 0.4) is 0 Å². The number of aliphatic hydroxyl groups excluding tert-OH is 1. The van der Waals surface area contributed by atoms with E-state index in [9.17, 15) is 9.59 Å². The molecule has 0 saturated heterocycles. The van der Waals surface area contributed by atoms with Crippen LogP contribution in [0.1, 0.15) is 26.7 Å². The molecule has 2 atom stereocenters. The fourth-order valence-electron chi connectivity index (χ4n) is 1.04. The number of nitrogens with one attached hydrogen (secondary N) is 1. The molecule has 0 aliphatic rings. The van der Waals surface area contributed by atoms with Gasteiger partial charge in [-0.3, -0.25) is 0 Å². The van der Waals surface area contributed by atoms with Crippen molar-refractivity contribution in [1.82, 2.24) is 10.2 Å². The van der Waals surface area contributed by atoms with E-state index in [-0.39, 0.29) is 25.0 Å². The molecule has 0 rings (SSSR count). The molecule has 6 heteroatoms. The topological polar surface area (TPSA) is 89.9 Å². The van der Waals surface area contributed by atoms with Gasteiger partial charge < -0.3 is 20.4 Å². The van der Waals surface area contributed by atoms with E-state index in [1.54, 1.807) is 11.9 Å². The van der Waals surface area contributed by atoms with E-state index in [0.717, 1.165) is 6.42 Å². The van der Waals surface area contributed by atoms with Crippen molar-refractivity contribution >= 4 is 12.0 Å². The van der Waals surface area contributed by atoms with Crippen molar-refractivity contribution < 1.29 is 19.8 Å². The van der Waals surface area contributed by atoms with Crippen molar-refractivity contribution in [2.75, 3.05) is 13.6 Å². The average Bonchev–Trinajstić information content (AvgIpc) is 2.26. The third kappa shape index (κ3) is 4.97. The molecule has 0 aromatic heterocycles. The quantitative estimate of drug-likeness (QED) is 0.613. The molecular formula is C10H20N2O4. The predicted octanol–water partition coefficient (Wildman–Crippen LogP) is 0.262. The lowest BCUT2D eigenvalue weighted by molar-refractivity contribution is -0.146. The highest BCUT2D eigenvalue weighted by Gasteiger charge is 2.16. The van der Waals surface area contributed by atoms with E-state index in [0.29, 0.717) is 0 Å². The first-order valence-electron chi connectivity index (χ1n) is 5.31. The van der Waals surface area contributed by atoms with E-state index >= 15 is 0 Å². The first kappa shape index (κ1) is 14.7. The zero-order valence-corrected chi connectivity index (χ0v) is 9.93. The number of carboxylic acids is 1. The number of nitrogens with zero attached hydrogens (tertiary/aromatic N) is 1. The molecule has 6 nitrogen and oxygen atoms in total. The molecule has 0 aromatic rings. The van der Waals surface area contributed by atoms with E-state index in [1.807, 2.05) is 13.8 Å². The Kier molecular flexibility index (Phi) is 6.48.